The summed E-state index contributed by atoms with van der Waals surface area (Å²) >= 11 is 0. The maximum absolute atomic E-state index is 13.4. The highest BCUT2D eigenvalue weighted by Crippen LogP contribution is 2.25. The Morgan fingerprint density at radius 3 is 2.89 bits per heavy atom. The van der Waals surface area contributed by atoms with Gasteiger partial charge in [0.1, 0.15) is 11.4 Å². The lowest BCUT2D eigenvalue weighted by atomic mass is 9.84. The molecule has 1 aromatic heterocycles. The van der Waals surface area contributed by atoms with Crippen LogP contribution in [0.4, 0.5) is 4.39 Å². The standard InChI is InChI=1S/C12H14BFN2O3/c14-8-4-5-9-10(7-8)16(15-12(9)13(17)18)11-3-1-2-6-19-11/h4-5,7,11,17-18H,1-3,6H2. The van der Waals surface area contributed by atoms with E-state index < -0.39 is 7.12 Å². The Morgan fingerprint density at radius 2 is 2.21 bits per heavy atom. The molecule has 1 fully saturated rings. The highest BCUT2D eigenvalue weighted by Gasteiger charge is 2.25. The van der Waals surface area contributed by atoms with Gasteiger partial charge >= 0.3 is 7.12 Å². The molecular formula is C12H14BFN2O3. The van der Waals surface area contributed by atoms with Crippen LogP contribution in [0.25, 0.3) is 10.9 Å². The van der Waals surface area contributed by atoms with Crippen LogP contribution in [0.2, 0.25) is 0 Å². The summed E-state index contributed by atoms with van der Waals surface area (Å²) in [5, 5.41) is 23.4. The van der Waals surface area contributed by atoms with Gasteiger partial charge in [-0.15, -0.1) is 0 Å². The lowest BCUT2D eigenvalue weighted by molar-refractivity contribution is -0.0364. The summed E-state index contributed by atoms with van der Waals surface area (Å²) in [5.74, 6) is -0.386. The van der Waals surface area contributed by atoms with Crippen LogP contribution in [0.5, 0.6) is 0 Å². The van der Waals surface area contributed by atoms with Gasteiger partial charge in [0.05, 0.1) is 5.52 Å². The molecule has 2 aromatic rings. The Labute approximate surface area is 109 Å². The van der Waals surface area contributed by atoms with E-state index in [-0.39, 0.29) is 17.6 Å². The van der Waals surface area contributed by atoms with Crippen molar-refractivity contribution >= 4 is 23.6 Å². The fourth-order valence-electron chi connectivity index (χ4n) is 2.46. The molecule has 2 heterocycles. The highest BCUT2D eigenvalue weighted by molar-refractivity contribution is 6.60. The van der Waals surface area contributed by atoms with Gasteiger partial charge in [0.25, 0.3) is 0 Å². The second kappa shape index (κ2) is 4.92. The van der Waals surface area contributed by atoms with Gasteiger partial charge in [0.2, 0.25) is 0 Å². The third-order valence-electron chi connectivity index (χ3n) is 3.37. The first-order valence-corrected chi connectivity index (χ1v) is 6.32. The molecule has 0 bridgehead atoms. The van der Waals surface area contributed by atoms with E-state index in [2.05, 4.69) is 5.10 Å². The van der Waals surface area contributed by atoms with E-state index in [1.54, 1.807) is 4.68 Å². The third kappa shape index (κ3) is 2.24. The quantitative estimate of drug-likeness (QED) is 0.777. The fourth-order valence-corrected chi connectivity index (χ4v) is 2.46. The van der Waals surface area contributed by atoms with Gasteiger partial charge in [-0.1, -0.05) is 0 Å². The van der Waals surface area contributed by atoms with E-state index in [1.165, 1.54) is 18.2 Å². The van der Waals surface area contributed by atoms with E-state index in [4.69, 9.17) is 4.74 Å². The second-order valence-electron chi connectivity index (χ2n) is 4.69. The molecule has 0 saturated carbocycles. The molecule has 100 valence electrons. The van der Waals surface area contributed by atoms with Crippen molar-refractivity contribution in [2.45, 2.75) is 25.5 Å². The molecule has 1 atom stereocenters. The number of fused-ring (bicyclic) bond motifs is 1. The van der Waals surface area contributed by atoms with Gasteiger partial charge in [0, 0.05) is 12.0 Å². The van der Waals surface area contributed by atoms with Gasteiger partial charge in [-0.25, -0.2) is 9.07 Å². The monoisotopic (exact) mass is 264 g/mol. The Morgan fingerprint density at radius 1 is 1.37 bits per heavy atom. The number of ether oxygens (including phenoxy) is 1. The van der Waals surface area contributed by atoms with Gasteiger partial charge in [-0.3, -0.25) is 0 Å². The summed E-state index contributed by atoms with van der Waals surface area (Å²) in [6.07, 6.45) is 2.53. The molecule has 2 N–H and O–H groups in total. The van der Waals surface area contributed by atoms with E-state index in [1.807, 2.05) is 0 Å². The van der Waals surface area contributed by atoms with Crippen LogP contribution < -0.4 is 5.59 Å². The largest absolute Gasteiger partial charge is 0.510 e. The maximum Gasteiger partial charge on any atom is 0.510 e. The first-order valence-electron chi connectivity index (χ1n) is 6.32. The van der Waals surface area contributed by atoms with Gasteiger partial charge < -0.3 is 14.8 Å². The minimum Gasteiger partial charge on any atom is -0.422 e. The average molecular weight is 264 g/mol. The molecule has 1 unspecified atom stereocenters. The number of aromatic nitrogens is 2. The van der Waals surface area contributed by atoms with Gasteiger partial charge in [0.15, 0.2) is 6.23 Å². The summed E-state index contributed by atoms with van der Waals surface area (Å²) in [5.41, 5.74) is 0.652. The normalized spacial score (nSPS) is 19.8. The van der Waals surface area contributed by atoms with E-state index >= 15 is 0 Å². The van der Waals surface area contributed by atoms with Crippen LogP contribution in [0.15, 0.2) is 18.2 Å². The fraction of sp³-hybridized carbons (Fsp3) is 0.417. The van der Waals surface area contributed by atoms with Crippen molar-refractivity contribution in [1.29, 1.82) is 0 Å². The zero-order valence-electron chi connectivity index (χ0n) is 10.3. The predicted molar refractivity (Wildman–Crippen MR) is 68.4 cm³/mol. The molecule has 19 heavy (non-hydrogen) atoms. The Hall–Kier alpha value is -1.44. The third-order valence-corrected chi connectivity index (χ3v) is 3.37. The molecule has 0 aliphatic carbocycles. The van der Waals surface area contributed by atoms with Crippen molar-refractivity contribution < 1.29 is 19.2 Å². The summed E-state index contributed by atoms with van der Waals surface area (Å²) in [6.45, 7) is 0.637. The number of hydrogen-bond donors (Lipinski definition) is 2. The number of halogens is 1. The van der Waals surface area contributed by atoms with Gasteiger partial charge in [-0.2, -0.15) is 5.10 Å². The zero-order valence-corrected chi connectivity index (χ0v) is 10.3. The summed E-state index contributed by atoms with van der Waals surface area (Å²) in [6, 6.07) is 4.12. The van der Waals surface area contributed by atoms with Crippen molar-refractivity contribution in [3.8, 4) is 0 Å². The molecule has 1 aliphatic heterocycles. The van der Waals surface area contributed by atoms with Crippen LogP contribution >= 0.6 is 0 Å². The van der Waals surface area contributed by atoms with Crippen LogP contribution in [0, 0.1) is 5.82 Å². The number of rotatable bonds is 2. The summed E-state index contributed by atoms with van der Waals surface area (Å²) in [7, 11) is -1.68. The topological polar surface area (TPSA) is 67.5 Å². The molecule has 1 aromatic carbocycles. The Bertz CT molecular complexity index is 596. The Kier molecular flexibility index (Phi) is 3.26. The molecule has 0 spiro atoms. The zero-order chi connectivity index (χ0) is 13.4. The molecular weight excluding hydrogens is 250 g/mol. The van der Waals surface area contributed by atoms with Crippen LogP contribution in [0.3, 0.4) is 0 Å². The van der Waals surface area contributed by atoms with Crippen molar-refractivity contribution in [1.82, 2.24) is 9.78 Å². The number of benzene rings is 1. The smallest absolute Gasteiger partial charge is 0.422 e. The van der Waals surface area contributed by atoms with Crippen molar-refractivity contribution in [3.05, 3.63) is 24.0 Å². The van der Waals surface area contributed by atoms with Gasteiger partial charge in [-0.05, 0) is 37.5 Å². The molecule has 5 nitrogen and oxygen atoms in total. The van der Waals surface area contributed by atoms with E-state index in [0.717, 1.165) is 19.3 Å². The number of hydrogen-bond acceptors (Lipinski definition) is 4. The molecule has 1 aliphatic rings. The molecule has 7 heteroatoms. The first kappa shape index (κ1) is 12.6. The minimum absolute atomic E-state index is 0.129. The minimum atomic E-state index is -1.68. The molecule has 1 saturated heterocycles. The first-order chi connectivity index (χ1) is 9.16. The summed E-state index contributed by atoms with van der Waals surface area (Å²) in [4.78, 5) is 0. The summed E-state index contributed by atoms with van der Waals surface area (Å²) < 4.78 is 20.6. The van der Waals surface area contributed by atoms with Crippen LogP contribution in [0.1, 0.15) is 25.5 Å². The van der Waals surface area contributed by atoms with Crippen molar-refractivity contribution in [3.63, 3.8) is 0 Å². The van der Waals surface area contributed by atoms with Crippen LogP contribution in [-0.2, 0) is 4.74 Å². The molecule has 3 rings (SSSR count). The van der Waals surface area contributed by atoms with E-state index in [0.29, 0.717) is 17.5 Å². The number of nitrogens with zero attached hydrogens (tertiary/aromatic N) is 2. The Balaban J connectivity index is 2.14. The molecule has 0 radical (unpaired) electrons. The van der Waals surface area contributed by atoms with Crippen LogP contribution in [-0.4, -0.2) is 33.6 Å². The lowest BCUT2D eigenvalue weighted by Gasteiger charge is -2.23. The molecule has 0 amide bonds. The van der Waals surface area contributed by atoms with Crippen molar-refractivity contribution in [2.24, 2.45) is 0 Å². The predicted octanol–water partition coefficient (Wildman–Crippen LogP) is 0.554. The second-order valence-corrected chi connectivity index (χ2v) is 4.69. The maximum atomic E-state index is 13.4. The average Bonchev–Trinajstić information content (AvgIpc) is 2.78. The van der Waals surface area contributed by atoms with E-state index in [9.17, 15) is 14.4 Å². The SMILES string of the molecule is OB(O)c1nn(C2CCCCO2)c2cc(F)ccc12. The van der Waals surface area contributed by atoms with Crippen molar-refractivity contribution in [2.75, 3.05) is 6.61 Å². The lowest BCUT2D eigenvalue weighted by Crippen LogP contribution is -2.33. The highest BCUT2D eigenvalue weighted by atomic mass is 19.1.